The van der Waals surface area contributed by atoms with Gasteiger partial charge in [0, 0.05) is 31.2 Å². The van der Waals surface area contributed by atoms with Crippen LogP contribution in [0.15, 0.2) is 41.7 Å². The van der Waals surface area contributed by atoms with E-state index in [1.165, 1.54) is 0 Å². The molecule has 1 amide bonds. The number of aromatic nitrogens is 3. The number of hydrogen-bond donors (Lipinski definition) is 1. The molecule has 18 heavy (non-hydrogen) atoms. The molecule has 94 valence electrons. The van der Waals surface area contributed by atoms with E-state index in [1.807, 2.05) is 17.7 Å². The smallest absolute Gasteiger partial charge is 0.253 e. The van der Waals surface area contributed by atoms with Gasteiger partial charge >= 0.3 is 0 Å². The zero-order valence-corrected chi connectivity index (χ0v) is 11.5. The highest BCUT2D eigenvalue weighted by Crippen LogP contribution is 2.06. The van der Waals surface area contributed by atoms with E-state index in [2.05, 4.69) is 31.2 Å². The topological polar surface area (TPSA) is 59.8 Å². The van der Waals surface area contributed by atoms with E-state index in [0.29, 0.717) is 16.7 Å². The van der Waals surface area contributed by atoms with Crippen LogP contribution < -0.4 is 5.32 Å². The van der Waals surface area contributed by atoms with E-state index in [0.717, 1.165) is 0 Å². The highest BCUT2D eigenvalue weighted by molar-refractivity contribution is 9.10. The van der Waals surface area contributed by atoms with E-state index in [-0.39, 0.29) is 11.9 Å². The third kappa shape index (κ3) is 3.40. The number of carbonyl (C=O) groups is 1. The molecule has 2 heterocycles. The van der Waals surface area contributed by atoms with Crippen molar-refractivity contribution >= 4 is 21.8 Å². The lowest BCUT2D eigenvalue weighted by Gasteiger charge is -2.14. The van der Waals surface area contributed by atoms with Gasteiger partial charge in [-0.15, -0.1) is 0 Å². The maximum Gasteiger partial charge on any atom is 0.253 e. The van der Waals surface area contributed by atoms with Crippen LogP contribution >= 0.6 is 15.9 Å². The van der Waals surface area contributed by atoms with Crippen LogP contribution in [0.3, 0.4) is 0 Å². The van der Waals surface area contributed by atoms with Crippen molar-refractivity contribution in [1.82, 2.24) is 19.9 Å². The summed E-state index contributed by atoms with van der Waals surface area (Å²) in [7, 11) is 0. The lowest BCUT2D eigenvalue weighted by atomic mass is 10.2. The molecule has 2 aromatic heterocycles. The van der Waals surface area contributed by atoms with E-state index in [1.54, 1.807) is 30.9 Å². The fourth-order valence-electron chi connectivity index (χ4n) is 1.57. The molecule has 0 spiro atoms. The lowest BCUT2D eigenvalue weighted by Crippen LogP contribution is -2.35. The first-order valence-electron chi connectivity index (χ1n) is 5.53. The molecule has 0 aromatic carbocycles. The molecule has 5 nitrogen and oxygen atoms in total. The standard InChI is InChI=1S/C12H13BrN4O/c1-9(7-17-5-4-14-8-17)16-12(18)10-2-3-11(13)15-6-10/h2-6,8-9H,7H2,1H3,(H,16,18). The summed E-state index contributed by atoms with van der Waals surface area (Å²) in [6.45, 7) is 2.64. The van der Waals surface area contributed by atoms with Crippen molar-refractivity contribution in [3.8, 4) is 0 Å². The zero-order chi connectivity index (χ0) is 13.0. The second-order valence-corrected chi connectivity index (χ2v) is 4.82. The molecule has 0 fully saturated rings. The molecular formula is C12H13BrN4O. The first kappa shape index (κ1) is 12.8. The van der Waals surface area contributed by atoms with Gasteiger partial charge in [0.1, 0.15) is 4.60 Å². The number of hydrogen-bond acceptors (Lipinski definition) is 3. The summed E-state index contributed by atoms with van der Waals surface area (Å²) < 4.78 is 2.63. The van der Waals surface area contributed by atoms with E-state index < -0.39 is 0 Å². The minimum atomic E-state index is -0.123. The van der Waals surface area contributed by atoms with Crippen LogP contribution in [-0.2, 0) is 6.54 Å². The van der Waals surface area contributed by atoms with Gasteiger partial charge in [0.05, 0.1) is 11.9 Å². The molecule has 1 atom stereocenters. The number of nitrogens with one attached hydrogen (secondary N) is 1. The average molecular weight is 309 g/mol. The van der Waals surface area contributed by atoms with E-state index in [4.69, 9.17) is 0 Å². The highest BCUT2D eigenvalue weighted by atomic mass is 79.9. The molecule has 0 aliphatic carbocycles. The molecule has 0 saturated heterocycles. The predicted octanol–water partition coefficient (Wildman–Crippen LogP) is 1.86. The van der Waals surface area contributed by atoms with Crippen molar-refractivity contribution in [3.63, 3.8) is 0 Å². The van der Waals surface area contributed by atoms with Crippen LogP contribution in [0.1, 0.15) is 17.3 Å². The Labute approximate surface area is 113 Å². The molecule has 0 aliphatic rings. The van der Waals surface area contributed by atoms with Gasteiger partial charge in [0.25, 0.3) is 5.91 Å². The molecule has 0 radical (unpaired) electrons. The van der Waals surface area contributed by atoms with Gasteiger partial charge in [0.15, 0.2) is 0 Å². The Balaban J connectivity index is 1.92. The fourth-order valence-corrected chi connectivity index (χ4v) is 1.81. The van der Waals surface area contributed by atoms with Crippen molar-refractivity contribution in [2.24, 2.45) is 0 Å². The number of imidazole rings is 1. The Morgan fingerprint density at radius 1 is 1.56 bits per heavy atom. The van der Waals surface area contributed by atoms with Gasteiger partial charge in [-0.3, -0.25) is 4.79 Å². The van der Waals surface area contributed by atoms with Gasteiger partial charge in [-0.25, -0.2) is 9.97 Å². The Morgan fingerprint density at radius 2 is 2.39 bits per heavy atom. The van der Waals surface area contributed by atoms with Crippen LogP contribution in [0.4, 0.5) is 0 Å². The van der Waals surface area contributed by atoms with E-state index >= 15 is 0 Å². The molecule has 0 aliphatic heterocycles. The van der Waals surface area contributed by atoms with Crippen LogP contribution in [-0.4, -0.2) is 26.5 Å². The summed E-state index contributed by atoms with van der Waals surface area (Å²) >= 11 is 3.23. The lowest BCUT2D eigenvalue weighted by molar-refractivity contribution is 0.0936. The summed E-state index contributed by atoms with van der Waals surface area (Å²) in [6.07, 6.45) is 6.85. The molecule has 6 heteroatoms. The molecule has 2 aromatic rings. The van der Waals surface area contributed by atoms with Gasteiger partial charge in [0.2, 0.25) is 0 Å². The van der Waals surface area contributed by atoms with Crippen LogP contribution in [0.5, 0.6) is 0 Å². The number of nitrogens with zero attached hydrogens (tertiary/aromatic N) is 3. The number of carbonyl (C=O) groups excluding carboxylic acids is 1. The van der Waals surface area contributed by atoms with Crippen LogP contribution in [0.25, 0.3) is 0 Å². The van der Waals surface area contributed by atoms with Crippen molar-refractivity contribution in [1.29, 1.82) is 0 Å². The monoisotopic (exact) mass is 308 g/mol. The maximum atomic E-state index is 11.9. The first-order valence-corrected chi connectivity index (χ1v) is 6.32. The molecule has 2 rings (SSSR count). The fraction of sp³-hybridized carbons (Fsp3) is 0.250. The number of amides is 1. The summed E-state index contributed by atoms with van der Waals surface area (Å²) in [5.74, 6) is -0.123. The predicted molar refractivity (Wildman–Crippen MR) is 71.1 cm³/mol. The normalized spacial score (nSPS) is 12.1. The van der Waals surface area contributed by atoms with Gasteiger partial charge in [-0.2, -0.15) is 0 Å². The largest absolute Gasteiger partial charge is 0.348 e. The summed E-state index contributed by atoms with van der Waals surface area (Å²) in [5, 5.41) is 2.91. The Bertz CT molecular complexity index is 509. The Morgan fingerprint density at radius 3 is 3.00 bits per heavy atom. The van der Waals surface area contributed by atoms with Crippen molar-refractivity contribution in [3.05, 3.63) is 47.2 Å². The minimum absolute atomic E-state index is 0.0235. The third-order valence-electron chi connectivity index (χ3n) is 2.41. The Kier molecular flexibility index (Phi) is 4.09. The quantitative estimate of drug-likeness (QED) is 0.877. The molecular weight excluding hydrogens is 296 g/mol. The SMILES string of the molecule is CC(Cn1ccnc1)NC(=O)c1ccc(Br)nc1. The van der Waals surface area contributed by atoms with Gasteiger partial charge in [-0.1, -0.05) is 0 Å². The summed E-state index contributed by atoms with van der Waals surface area (Å²) in [4.78, 5) is 19.9. The number of rotatable bonds is 4. The molecule has 0 bridgehead atoms. The van der Waals surface area contributed by atoms with Crippen molar-refractivity contribution < 1.29 is 4.79 Å². The first-order chi connectivity index (χ1) is 8.65. The van der Waals surface area contributed by atoms with Crippen LogP contribution in [0.2, 0.25) is 0 Å². The molecule has 0 saturated carbocycles. The summed E-state index contributed by atoms with van der Waals surface area (Å²) in [5.41, 5.74) is 0.552. The second-order valence-electron chi connectivity index (χ2n) is 4.00. The van der Waals surface area contributed by atoms with E-state index in [9.17, 15) is 4.79 Å². The highest BCUT2D eigenvalue weighted by Gasteiger charge is 2.10. The third-order valence-corrected chi connectivity index (χ3v) is 2.88. The molecule has 1 unspecified atom stereocenters. The number of pyridine rings is 1. The second kappa shape index (κ2) is 5.77. The maximum absolute atomic E-state index is 11.9. The zero-order valence-electron chi connectivity index (χ0n) is 9.88. The number of halogens is 1. The van der Waals surface area contributed by atoms with Crippen molar-refractivity contribution in [2.45, 2.75) is 19.5 Å². The van der Waals surface area contributed by atoms with Crippen molar-refractivity contribution in [2.75, 3.05) is 0 Å². The van der Waals surface area contributed by atoms with Gasteiger partial charge < -0.3 is 9.88 Å². The van der Waals surface area contributed by atoms with Crippen LogP contribution in [0, 0.1) is 0 Å². The average Bonchev–Trinajstić information content (AvgIpc) is 2.82. The summed E-state index contributed by atoms with van der Waals surface area (Å²) in [6, 6.07) is 3.50. The molecule has 1 N–H and O–H groups in total. The van der Waals surface area contributed by atoms with Gasteiger partial charge in [-0.05, 0) is 35.0 Å². The minimum Gasteiger partial charge on any atom is -0.348 e. The Hall–Kier alpha value is -1.69.